The third-order valence-electron chi connectivity index (χ3n) is 6.53. The number of fused-ring (bicyclic) bond motifs is 1. The summed E-state index contributed by atoms with van der Waals surface area (Å²) in [5, 5.41) is 7.94. The largest absolute Gasteiger partial charge is 0.338 e. The summed E-state index contributed by atoms with van der Waals surface area (Å²) in [5.41, 5.74) is 3.11. The van der Waals surface area contributed by atoms with E-state index < -0.39 is 27.4 Å². The van der Waals surface area contributed by atoms with Crippen LogP contribution in [0.1, 0.15) is 35.4 Å². The average Bonchev–Trinajstić information content (AvgIpc) is 3.36. The fraction of sp³-hybridized carbons (Fsp3) is 0.375. The minimum atomic E-state index is -3.01. The van der Waals surface area contributed by atoms with Gasteiger partial charge in [0, 0.05) is 56.5 Å². The van der Waals surface area contributed by atoms with Gasteiger partial charge in [-0.25, -0.2) is 31.7 Å². The van der Waals surface area contributed by atoms with Gasteiger partial charge in [0.15, 0.2) is 15.5 Å². The molecule has 1 saturated heterocycles. The molecule has 12 heteroatoms. The Bertz CT molecular complexity index is 1530. The fourth-order valence-corrected chi connectivity index (χ4v) is 5.92. The van der Waals surface area contributed by atoms with Crippen LogP contribution in [0.3, 0.4) is 0 Å². The molecule has 0 aliphatic carbocycles. The molecule has 0 unspecified atom stereocenters. The third-order valence-corrected chi connectivity index (χ3v) is 8.14. The molecule has 0 spiro atoms. The molecule has 1 aliphatic heterocycles. The lowest BCUT2D eigenvalue weighted by Gasteiger charge is -2.26. The first-order valence-electron chi connectivity index (χ1n) is 11.6. The van der Waals surface area contributed by atoms with Crippen molar-refractivity contribution >= 4 is 27.1 Å². The van der Waals surface area contributed by atoms with Gasteiger partial charge in [-0.05, 0) is 18.6 Å². The van der Waals surface area contributed by atoms with E-state index in [1.165, 1.54) is 12.1 Å². The van der Waals surface area contributed by atoms with Gasteiger partial charge in [0.25, 0.3) is 0 Å². The predicted molar refractivity (Wildman–Crippen MR) is 132 cm³/mol. The standard InChI is InChI=1S/C24H27F2N7O2S/c1-15(19-5-4-17(25)10-20(19)26)23-16(2)30-33-18(12-32-6-8-36(34,35)9-7-32)11-21(29-24(23)33)28-22-13-31(3)14-27-22/h4-5,10-11,13-15H,6-9,12H2,1-3H3,(H,28,29)/t15-/m0/s1. The van der Waals surface area contributed by atoms with E-state index >= 15 is 0 Å². The second-order valence-corrected chi connectivity index (χ2v) is 11.5. The van der Waals surface area contributed by atoms with Crippen molar-refractivity contribution in [2.45, 2.75) is 26.3 Å². The van der Waals surface area contributed by atoms with Gasteiger partial charge in [-0.1, -0.05) is 13.0 Å². The number of nitrogens with one attached hydrogen (secondary N) is 1. The molecular formula is C24H27F2N7O2S. The topological polar surface area (TPSA) is 97.4 Å². The highest BCUT2D eigenvalue weighted by molar-refractivity contribution is 7.91. The molecule has 1 aliphatic rings. The summed E-state index contributed by atoms with van der Waals surface area (Å²) >= 11 is 0. The molecule has 1 fully saturated rings. The molecule has 4 aromatic rings. The highest BCUT2D eigenvalue weighted by Crippen LogP contribution is 2.33. The molecule has 36 heavy (non-hydrogen) atoms. The van der Waals surface area contributed by atoms with Crippen LogP contribution in [-0.2, 0) is 23.4 Å². The summed E-state index contributed by atoms with van der Waals surface area (Å²) in [6, 6.07) is 5.44. The Labute approximate surface area is 207 Å². The summed E-state index contributed by atoms with van der Waals surface area (Å²) in [4.78, 5) is 11.2. The first-order chi connectivity index (χ1) is 17.1. The van der Waals surface area contributed by atoms with Crippen LogP contribution >= 0.6 is 0 Å². The zero-order chi connectivity index (χ0) is 25.6. The van der Waals surface area contributed by atoms with Gasteiger partial charge in [0.1, 0.15) is 23.3 Å². The Morgan fingerprint density at radius 1 is 1.14 bits per heavy atom. The van der Waals surface area contributed by atoms with E-state index in [0.717, 1.165) is 17.3 Å². The zero-order valence-corrected chi connectivity index (χ0v) is 21.1. The van der Waals surface area contributed by atoms with Crippen molar-refractivity contribution in [2.24, 2.45) is 7.05 Å². The molecule has 0 bridgehead atoms. The number of rotatable bonds is 6. The van der Waals surface area contributed by atoms with Gasteiger partial charge < -0.3 is 9.88 Å². The first kappa shape index (κ1) is 24.3. The molecule has 3 aromatic heterocycles. The number of aryl methyl sites for hydroxylation is 2. The summed E-state index contributed by atoms with van der Waals surface area (Å²) in [6.07, 6.45) is 3.49. The van der Waals surface area contributed by atoms with Crippen molar-refractivity contribution in [1.82, 2.24) is 29.0 Å². The number of halogens is 2. The molecule has 9 nitrogen and oxygen atoms in total. The van der Waals surface area contributed by atoms with Crippen molar-refractivity contribution in [1.29, 1.82) is 0 Å². The van der Waals surface area contributed by atoms with Crippen LogP contribution in [0.25, 0.3) is 5.65 Å². The maximum Gasteiger partial charge on any atom is 0.161 e. The Morgan fingerprint density at radius 2 is 1.89 bits per heavy atom. The molecule has 1 N–H and O–H groups in total. The molecule has 5 rings (SSSR count). The molecule has 4 heterocycles. The average molecular weight is 516 g/mol. The number of nitrogens with zero attached hydrogens (tertiary/aromatic N) is 6. The van der Waals surface area contributed by atoms with Gasteiger partial charge in [-0.15, -0.1) is 0 Å². The van der Waals surface area contributed by atoms with Crippen LogP contribution in [0.4, 0.5) is 20.4 Å². The quantitative estimate of drug-likeness (QED) is 0.421. The predicted octanol–water partition coefficient (Wildman–Crippen LogP) is 3.18. The number of hydrogen-bond donors (Lipinski definition) is 1. The SMILES string of the molecule is Cc1nn2c(CN3CCS(=O)(=O)CC3)cc(Nc3cn(C)cn3)nc2c1[C@@H](C)c1ccc(F)cc1F. The summed E-state index contributed by atoms with van der Waals surface area (Å²) in [7, 11) is -1.15. The molecular weight excluding hydrogens is 488 g/mol. The highest BCUT2D eigenvalue weighted by atomic mass is 32.2. The van der Waals surface area contributed by atoms with E-state index in [9.17, 15) is 17.2 Å². The fourth-order valence-electron chi connectivity index (χ4n) is 4.64. The Morgan fingerprint density at radius 3 is 2.56 bits per heavy atom. The minimum Gasteiger partial charge on any atom is -0.338 e. The first-order valence-corrected chi connectivity index (χ1v) is 13.4. The zero-order valence-electron chi connectivity index (χ0n) is 20.2. The highest BCUT2D eigenvalue weighted by Gasteiger charge is 2.26. The molecule has 1 aromatic carbocycles. The van der Waals surface area contributed by atoms with Crippen molar-refractivity contribution in [3.8, 4) is 0 Å². The number of aromatic nitrogens is 5. The number of imidazole rings is 1. The normalized spacial score (nSPS) is 16.9. The van der Waals surface area contributed by atoms with Crippen LogP contribution in [0, 0.1) is 18.6 Å². The van der Waals surface area contributed by atoms with Crippen molar-refractivity contribution in [3.63, 3.8) is 0 Å². The van der Waals surface area contributed by atoms with Crippen LogP contribution in [0.5, 0.6) is 0 Å². The summed E-state index contributed by atoms with van der Waals surface area (Å²) in [5.74, 6) is -0.318. The van der Waals surface area contributed by atoms with E-state index in [2.05, 4.69) is 15.2 Å². The van der Waals surface area contributed by atoms with Crippen LogP contribution < -0.4 is 5.32 Å². The van der Waals surface area contributed by atoms with E-state index in [-0.39, 0.29) is 11.5 Å². The molecule has 0 saturated carbocycles. The minimum absolute atomic E-state index is 0.116. The van der Waals surface area contributed by atoms with E-state index in [1.807, 2.05) is 37.7 Å². The lowest BCUT2D eigenvalue weighted by Crippen LogP contribution is -2.40. The summed E-state index contributed by atoms with van der Waals surface area (Å²) in [6.45, 7) is 5.01. The van der Waals surface area contributed by atoms with Crippen LogP contribution in [-0.4, -0.2) is 62.1 Å². The Kier molecular flexibility index (Phi) is 6.25. The smallest absolute Gasteiger partial charge is 0.161 e. The third kappa shape index (κ3) is 4.82. The van der Waals surface area contributed by atoms with Gasteiger partial charge in [-0.3, -0.25) is 4.90 Å². The van der Waals surface area contributed by atoms with E-state index in [1.54, 1.807) is 10.8 Å². The molecule has 190 valence electrons. The number of sulfone groups is 1. The van der Waals surface area contributed by atoms with Crippen molar-refractivity contribution in [3.05, 3.63) is 70.9 Å². The summed E-state index contributed by atoms with van der Waals surface area (Å²) < 4.78 is 55.6. The van der Waals surface area contributed by atoms with E-state index in [0.29, 0.717) is 48.2 Å². The molecule has 0 radical (unpaired) electrons. The lowest BCUT2D eigenvalue weighted by molar-refractivity contribution is 0.282. The van der Waals surface area contributed by atoms with Gasteiger partial charge in [0.2, 0.25) is 0 Å². The Balaban J connectivity index is 1.59. The van der Waals surface area contributed by atoms with Crippen LogP contribution in [0.15, 0.2) is 36.8 Å². The molecule has 1 atom stereocenters. The van der Waals surface area contributed by atoms with Crippen molar-refractivity contribution < 1.29 is 17.2 Å². The number of benzene rings is 1. The van der Waals surface area contributed by atoms with Gasteiger partial charge in [0.05, 0.1) is 29.2 Å². The maximum atomic E-state index is 14.7. The monoisotopic (exact) mass is 515 g/mol. The number of hydrogen-bond acceptors (Lipinski definition) is 7. The van der Waals surface area contributed by atoms with Gasteiger partial charge in [-0.2, -0.15) is 5.10 Å². The van der Waals surface area contributed by atoms with E-state index in [4.69, 9.17) is 10.1 Å². The molecule has 0 amide bonds. The maximum absolute atomic E-state index is 14.7. The van der Waals surface area contributed by atoms with Crippen LogP contribution in [0.2, 0.25) is 0 Å². The number of anilines is 2. The Hall–Kier alpha value is -3.38. The van der Waals surface area contributed by atoms with Crippen molar-refractivity contribution in [2.75, 3.05) is 29.9 Å². The second-order valence-electron chi connectivity index (χ2n) is 9.23. The lowest BCUT2D eigenvalue weighted by atomic mass is 9.92. The second kappa shape index (κ2) is 9.25. The van der Waals surface area contributed by atoms with Gasteiger partial charge >= 0.3 is 0 Å².